The zero-order chi connectivity index (χ0) is 9.78. The third kappa shape index (κ3) is 11.9. The van der Waals surface area contributed by atoms with Crippen LogP contribution in [0.25, 0.3) is 0 Å². The summed E-state index contributed by atoms with van der Waals surface area (Å²) in [4.78, 5) is 3.70. The summed E-state index contributed by atoms with van der Waals surface area (Å²) in [5, 5.41) is 9.61. The second kappa shape index (κ2) is 11.9. The van der Waals surface area contributed by atoms with Gasteiger partial charge in [-0.3, -0.25) is 0 Å². The molecule has 2 heteroatoms. The molecule has 78 valence electrons. The SMILES string of the molecule is CCCCCCCCC[CH]CO[O]. The Balaban J connectivity index is 2.76. The molecule has 13 heavy (non-hydrogen) atoms. The number of rotatable bonds is 10. The molecule has 0 aliphatic carbocycles. The number of hydrogen-bond donors (Lipinski definition) is 0. The van der Waals surface area contributed by atoms with Crippen LogP contribution in [0, 0.1) is 6.42 Å². The first kappa shape index (κ1) is 12.9. The summed E-state index contributed by atoms with van der Waals surface area (Å²) in [5.41, 5.74) is 0. The Morgan fingerprint density at radius 2 is 1.62 bits per heavy atom. The molecule has 2 radical (unpaired) electrons. The van der Waals surface area contributed by atoms with E-state index in [0.29, 0.717) is 0 Å². The van der Waals surface area contributed by atoms with E-state index in [-0.39, 0.29) is 6.61 Å². The predicted octanol–water partition coefficient (Wildman–Crippen LogP) is 3.69. The summed E-state index contributed by atoms with van der Waals surface area (Å²) in [7, 11) is 0. The van der Waals surface area contributed by atoms with Gasteiger partial charge in [-0.05, 0) is 18.1 Å². The van der Waals surface area contributed by atoms with Crippen LogP contribution in [0.1, 0.15) is 58.3 Å². The fraction of sp³-hybridized carbons (Fsp3) is 0.909. The van der Waals surface area contributed by atoms with Crippen molar-refractivity contribution in [1.29, 1.82) is 0 Å². The number of unbranched alkanes of at least 4 members (excludes halogenated alkanes) is 8. The van der Waals surface area contributed by atoms with Crippen molar-refractivity contribution in [3.63, 3.8) is 0 Å². The van der Waals surface area contributed by atoms with Crippen molar-refractivity contribution in [3.8, 4) is 0 Å². The van der Waals surface area contributed by atoms with Gasteiger partial charge in [0.1, 0.15) is 0 Å². The highest BCUT2D eigenvalue weighted by Gasteiger charge is 1.92. The summed E-state index contributed by atoms with van der Waals surface area (Å²) in [6.45, 7) is 2.49. The van der Waals surface area contributed by atoms with Crippen LogP contribution in [0.5, 0.6) is 0 Å². The maximum absolute atomic E-state index is 9.61. The molecular weight excluding hydrogens is 164 g/mol. The zero-order valence-electron chi connectivity index (χ0n) is 8.76. The van der Waals surface area contributed by atoms with Crippen molar-refractivity contribution in [2.24, 2.45) is 0 Å². The van der Waals surface area contributed by atoms with E-state index in [0.717, 1.165) is 6.42 Å². The van der Waals surface area contributed by atoms with E-state index < -0.39 is 0 Å². The lowest BCUT2D eigenvalue weighted by Gasteiger charge is -2.00. The zero-order valence-corrected chi connectivity index (χ0v) is 8.76. The van der Waals surface area contributed by atoms with E-state index in [1.165, 1.54) is 44.9 Å². The largest absolute Gasteiger partial charge is 0.204 e. The minimum Gasteiger partial charge on any atom is -0.204 e. The molecule has 0 aromatic heterocycles. The van der Waals surface area contributed by atoms with E-state index >= 15 is 0 Å². The molecule has 0 saturated heterocycles. The maximum Gasteiger partial charge on any atom is 0.0886 e. The van der Waals surface area contributed by atoms with Crippen LogP contribution in [0.2, 0.25) is 0 Å². The molecule has 0 aliphatic rings. The minimum atomic E-state index is 0.260. The molecule has 0 saturated carbocycles. The Kier molecular flexibility index (Phi) is 11.8. The van der Waals surface area contributed by atoms with Gasteiger partial charge in [0.05, 0.1) is 6.61 Å². The summed E-state index contributed by atoms with van der Waals surface area (Å²) < 4.78 is 0. The monoisotopic (exact) mass is 186 g/mol. The van der Waals surface area contributed by atoms with E-state index in [1.54, 1.807) is 0 Å². The van der Waals surface area contributed by atoms with Crippen molar-refractivity contribution in [2.75, 3.05) is 6.61 Å². The summed E-state index contributed by atoms with van der Waals surface area (Å²) in [6, 6.07) is 0. The molecule has 0 N–H and O–H groups in total. The fourth-order valence-corrected chi connectivity index (χ4v) is 1.38. The van der Waals surface area contributed by atoms with Crippen molar-refractivity contribution in [2.45, 2.75) is 58.3 Å². The smallest absolute Gasteiger partial charge is 0.0886 e. The summed E-state index contributed by atoms with van der Waals surface area (Å²) in [6.07, 6.45) is 12.2. The molecular formula is C11H22O2. The quantitative estimate of drug-likeness (QED) is 0.290. The Morgan fingerprint density at radius 1 is 1.00 bits per heavy atom. The lowest BCUT2D eigenvalue weighted by molar-refractivity contribution is -0.297. The molecule has 0 fully saturated rings. The van der Waals surface area contributed by atoms with Gasteiger partial charge in [0.2, 0.25) is 0 Å². The van der Waals surface area contributed by atoms with Crippen LogP contribution in [-0.4, -0.2) is 6.61 Å². The van der Waals surface area contributed by atoms with Crippen molar-refractivity contribution in [3.05, 3.63) is 6.42 Å². The van der Waals surface area contributed by atoms with Crippen LogP contribution in [0.3, 0.4) is 0 Å². The van der Waals surface area contributed by atoms with Gasteiger partial charge in [0, 0.05) is 0 Å². The molecule has 0 aromatic carbocycles. The van der Waals surface area contributed by atoms with Crippen LogP contribution in [0.15, 0.2) is 0 Å². The molecule has 2 nitrogen and oxygen atoms in total. The van der Waals surface area contributed by atoms with Gasteiger partial charge in [-0.2, -0.15) is 0 Å². The van der Waals surface area contributed by atoms with Crippen molar-refractivity contribution >= 4 is 0 Å². The molecule has 0 amide bonds. The average Bonchev–Trinajstić information content (AvgIpc) is 2.16. The van der Waals surface area contributed by atoms with Crippen molar-refractivity contribution in [1.82, 2.24) is 0 Å². The van der Waals surface area contributed by atoms with Gasteiger partial charge in [-0.25, -0.2) is 4.89 Å². The highest BCUT2D eigenvalue weighted by atomic mass is 17.1. The van der Waals surface area contributed by atoms with E-state index in [9.17, 15) is 5.26 Å². The van der Waals surface area contributed by atoms with Crippen molar-refractivity contribution < 1.29 is 10.1 Å². The van der Waals surface area contributed by atoms with E-state index in [4.69, 9.17) is 0 Å². The van der Waals surface area contributed by atoms with Gasteiger partial charge in [-0.1, -0.05) is 51.9 Å². The second-order valence-corrected chi connectivity index (χ2v) is 3.48. The highest BCUT2D eigenvalue weighted by Crippen LogP contribution is 2.08. The van der Waals surface area contributed by atoms with E-state index in [1.807, 2.05) is 6.42 Å². The summed E-state index contributed by atoms with van der Waals surface area (Å²) >= 11 is 0. The molecule has 0 heterocycles. The predicted molar refractivity (Wildman–Crippen MR) is 53.5 cm³/mol. The van der Waals surface area contributed by atoms with Gasteiger partial charge in [0.15, 0.2) is 0 Å². The summed E-state index contributed by atoms with van der Waals surface area (Å²) in [5.74, 6) is 0. The Bertz CT molecular complexity index is 74.2. The van der Waals surface area contributed by atoms with Gasteiger partial charge < -0.3 is 0 Å². The Labute approximate surface area is 82.2 Å². The second-order valence-electron chi connectivity index (χ2n) is 3.48. The first-order chi connectivity index (χ1) is 6.41. The highest BCUT2D eigenvalue weighted by molar-refractivity contribution is 4.61. The van der Waals surface area contributed by atoms with Crippen LogP contribution in [0.4, 0.5) is 0 Å². The maximum atomic E-state index is 9.61. The third-order valence-electron chi connectivity index (χ3n) is 2.20. The lowest BCUT2D eigenvalue weighted by atomic mass is 10.1. The van der Waals surface area contributed by atoms with Gasteiger partial charge in [-0.15, -0.1) is 0 Å². The lowest BCUT2D eigenvalue weighted by Crippen LogP contribution is -1.88. The van der Waals surface area contributed by atoms with Crippen LogP contribution >= 0.6 is 0 Å². The molecule has 0 rings (SSSR count). The molecule has 0 bridgehead atoms. The molecule has 0 aromatic rings. The minimum absolute atomic E-state index is 0.260. The Morgan fingerprint density at radius 3 is 2.23 bits per heavy atom. The molecule has 0 unspecified atom stereocenters. The molecule has 0 aliphatic heterocycles. The standard InChI is InChI=1S/C11H22O2/c1-2-3-4-5-6-7-8-9-10-11-13-12/h10H,2-9,11H2,1H3. The van der Waals surface area contributed by atoms with Gasteiger partial charge in [0.25, 0.3) is 0 Å². The van der Waals surface area contributed by atoms with Crippen LogP contribution < -0.4 is 0 Å². The van der Waals surface area contributed by atoms with E-state index in [2.05, 4.69) is 11.8 Å². The first-order valence-corrected chi connectivity index (χ1v) is 5.48. The third-order valence-corrected chi connectivity index (χ3v) is 2.20. The molecule has 0 atom stereocenters. The Hall–Kier alpha value is -0.0800. The number of hydrogen-bond acceptors (Lipinski definition) is 1. The topological polar surface area (TPSA) is 29.1 Å². The normalized spacial score (nSPS) is 10.6. The molecule has 0 spiro atoms. The average molecular weight is 186 g/mol. The van der Waals surface area contributed by atoms with Gasteiger partial charge >= 0.3 is 0 Å². The fourth-order valence-electron chi connectivity index (χ4n) is 1.38. The van der Waals surface area contributed by atoms with Crippen LogP contribution in [-0.2, 0) is 10.1 Å². The first-order valence-electron chi connectivity index (χ1n) is 5.48.